The summed E-state index contributed by atoms with van der Waals surface area (Å²) in [5.74, 6) is 0.631. The van der Waals surface area contributed by atoms with Crippen molar-refractivity contribution < 1.29 is 38.4 Å². The Hall–Kier alpha value is -8.44. The van der Waals surface area contributed by atoms with Gasteiger partial charge in [0.25, 0.3) is 5.91 Å². The molecular formula is C56H61Cl3N14O8. The lowest BCUT2D eigenvalue weighted by Gasteiger charge is -2.20. The molecule has 25 heteroatoms. The molecule has 2 aliphatic rings. The Morgan fingerprint density at radius 3 is 1.23 bits per heavy atom. The number of aromatic carboxylic acids is 1. The van der Waals surface area contributed by atoms with Crippen LogP contribution >= 0.6 is 34.8 Å². The van der Waals surface area contributed by atoms with Gasteiger partial charge in [0.15, 0.2) is 49.5 Å². The number of halogens is 3. The maximum Gasteiger partial charge on any atom is 0.358 e. The zero-order chi connectivity index (χ0) is 57.9. The van der Waals surface area contributed by atoms with Crippen LogP contribution in [0, 0.1) is 0 Å². The van der Waals surface area contributed by atoms with Crippen LogP contribution in [0.5, 0.6) is 17.2 Å². The van der Waals surface area contributed by atoms with Crippen LogP contribution in [0.15, 0.2) is 110 Å². The molecule has 11 rings (SSSR count). The van der Waals surface area contributed by atoms with Crippen LogP contribution < -0.4 is 40.0 Å². The van der Waals surface area contributed by atoms with Crippen LogP contribution in [0.25, 0.3) is 16.9 Å². The number of ether oxygens (including phenoxy) is 4. The molecule has 2 saturated carbocycles. The second-order valence-electron chi connectivity index (χ2n) is 18.9. The first-order valence-electron chi connectivity index (χ1n) is 25.6. The monoisotopic (exact) mass is 1160 g/mol. The minimum atomic E-state index is -1.11. The molecule has 0 radical (unpaired) electrons. The lowest BCUT2D eigenvalue weighted by atomic mass is 10.2. The summed E-state index contributed by atoms with van der Waals surface area (Å²) in [5.41, 5.74) is 12.9. The third kappa shape index (κ3) is 15.1. The van der Waals surface area contributed by atoms with Crippen molar-refractivity contribution in [2.75, 3.05) is 63.8 Å². The number of rotatable bonds is 17. The fourth-order valence-electron chi connectivity index (χ4n) is 8.11. The molecule has 0 spiro atoms. The van der Waals surface area contributed by atoms with Crippen molar-refractivity contribution in [2.45, 2.75) is 64.3 Å². The van der Waals surface area contributed by atoms with E-state index in [1.165, 1.54) is 38.8 Å². The molecular weight excluding hydrogens is 1100 g/mol. The number of carbonyl (C=O) groups is 3. The van der Waals surface area contributed by atoms with Gasteiger partial charge in [-0.25, -0.2) is 38.1 Å². The van der Waals surface area contributed by atoms with Crippen LogP contribution in [0.2, 0.25) is 15.5 Å². The number of nitrogens with zero attached hydrogens (tertiary/aromatic N) is 12. The highest BCUT2D eigenvalue weighted by Gasteiger charge is 2.27. The van der Waals surface area contributed by atoms with Crippen molar-refractivity contribution in [3.05, 3.63) is 159 Å². The minimum absolute atomic E-state index is 0.0356. The molecule has 6 aromatic heterocycles. The van der Waals surface area contributed by atoms with E-state index in [4.69, 9.17) is 59.5 Å². The number of methoxy groups -OCH3 is 3. The number of amides is 1. The molecule has 0 atom stereocenters. The van der Waals surface area contributed by atoms with Gasteiger partial charge in [-0.15, -0.1) is 0 Å². The van der Waals surface area contributed by atoms with Crippen molar-refractivity contribution in [1.29, 1.82) is 0 Å². The highest BCUT2D eigenvalue weighted by atomic mass is 35.5. The summed E-state index contributed by atoms with van der Waals surface area (Å²) in [5, 5.41) is 25.4. The predicted octanol–water partition coefficient (Wildman–Crippen LogP) is 8.96. The maximum absolute atomic E-state index is 12.4. The molecule has 3 aromatic carbocycles. The first kappa shape index (κ1) is 58.7. The number of hydrogen-bond donors (Lipinski definition) is 3. The number of carbonyl (C=O) groups excluding carboxylic acids is 2. The van der Waals surface area contributed by atoms with Crippen molar-refractivity contribution in [3.8, 4) is 17.2 Å². The second-order valence-corrected chi connectivity index (χ2v) is 20.1. The van der Waals surface area contributed by atoms with Crippen LogP contribution in [0.4, 0.5) is 17.1 Å². The fourth-order valence-corrected chi connectivity index (χ4v) is 8.65. The van der Waals surface area contributed by atoms with Crippen LogP contribution in [0.1, 0.15) is 80.8 Å². The molecule has 424 valence electrons. The van der Waals surface area contributed by atoms with Gasteiger partial charge in [-0.2, -0.15) is 15.3 Å². The number of anilines is 3. The van der Waals surface area contributed by atoms with Gasteiger partial charge in [0.2, 0.25) is 0 Å². The number of carboxylic acid groups (broad SMARTS) is 1. The number of carboxylic acids is 1. The van der Waals surface area contributed by atoms with E-state index in [1.807, 2.05) is 109 Å². The number of nitrogens with one attached hydrogen (secondary N) is 1. The number of esters is 1. The summed E-state index contributed by atoms with van der Waals surface area (Å²) in [6.45, 7) is 3.89. The zero-order valence-electron chi connectivity index (χ0n) is 45.6. The smallest absolute Gasteiger partial charge is 0.358 e. The topological polar surface area (TPSA) is 247 Å². The molecule has 9 aromatic rings. The van der Waals surface area contributed by atoms with Crippen molar-refractivity contribution in [2.24, 2.45) is 5.73 Å². The predicted molar refractivity (Wildman–Crippen MR) is 310 cm³/mol. The summed E-state index contributed by atoms with van der Waals surface area (Å²) in [7, 11) is 10.7. The Morgan fingerprint density at radius 2 is 0.914 bits per heavy atom. The summed E-state index contributed by atoms with van der Waals surface area (Å²) < 4.78 is 24.7. The van der Waals surface area contributed by atoms with E-state index in [0.717, 1.165) is 58.2 Å². The highest BCUT2D eigenvalue weighted by Crippen LogP contribution is 2.29. The van der Waals surface area contributed by atoms with Crippen molar-refractivity contribution in [3.63, 3.8) is 0 Å². The van der Waals surface area contributed by atoms with Crippen LogP contribution in [-0.4, -0.2) is 128 Å². The van der Waals surface area contributed by atoms with Gasteiger partial charge in [-0.05, 0) is 85.7 Å². The molecule has 2 aliphatic carbocycles. The number of aromatic nitrogens is 9. The van der Waals surface area contributed by atoms with Gasteiger partial charge >= 0.3 is 11.9 Å². The summed E-state index contributed by atoms with van der Waals surface area (Å²) in [4.78, 5) is 54.6. The first-order chi connectivity index (χ1) is 39.0. The van der Waals surface area contributed by atoms with Crippen molar-refractivity contribution in [1.82, 2.24) is 49.1 Å². The van der Waals surface area contributed by atoms with Gasteiger partial charge in [0.05, 0.1) is 63.6 Å². The molecule has 0 bridgehead atoms. The molecule has 0 unspecified atom stereocenters. The Labute approximate surface area is 481 Å². The molecule has 0 aliphatic heterocycles. The molecule has 6 heterocycles. The van der Waals surface area contributed by atoms with E-state index in [-0.39, 0.29) is 40.2 Å². The summed E-state index contributed by atoms with van der Waals surface area (Å²) >= 11 is 18.4. The van der Waals surface area contributed by atoms with E-state index in [1.54, 1.807) is 52.6 Å². The van der Waals surface area contributed by atoms with Gasteiger partial charge in [0.1, 0.15) is 17.2 Å². The van der Waals surface area contributed by atoms with E-state index in [0.29, 0.717) is 59.2 Å². The van der Waals surface area contributed by atoms with Gasteiger partial charge in [0, 0.05) is 71.1 Å². The maximum atomic E-state index is 12.4. The lowest BCUT2D eigenvalue weighted by molar-refractivity contribution is 0.0516. The number of hydrogen-bond acceptors (Lipinski definition) is 17. The quantitative estimate of drug-likeness (QED) is 0.0720. The number of imidazole rings is 3. The zero-order valence-corrected chi connectivity index (χ0v) is 47.9. The third-order valence-electron chi connectivity index (χ3n) is 12.7. The normalized spacial score (nSPS) is 12.5. The average molecular weight is 1160 g/mol. The van der Waals surface area contributed by atoms with Crippen LogP contribution in [-0.2, 0) is 24.4 Å². The Bertz CT molecular complexity index is 3630. The van der Waals surface area contributed by atoms with Gasteiger partial charge in [-0.3, -0.25) is 4.79 Å². The lowest BCUT2D eigenvalue weighted by Crippen LogP contribution is -2.27. The SMILES string of the molecule is CCOC(=O)c1cnc2c(N(C)Cc3ccc(OC)cc3)cc(Cl)nn12.COc1ccc(CN(C)c2cc(Cl)nn3c(C(=O)NC4CC4)cnc23)cc1.COc1ccc(CN(C)c2cc(Cl)nn3c(C(=O)O)cnc23)cc1.NC1CC1. The Kier molecular flexibility index (Phi) is 19.3. The average Bonchev–Trinajstić information content (AvgIpc) is 4.46. The highest BCUT2D eigenvalue weighted by molar-refractivity contribution is 6.30. The largest absolute Gasteiger partial charge is 0.497 e. The van der Waals surface area contributed by atoms with Crippen molar-refractivity contribution >= 4 is 86.7 Å². The number of fused-ring (bicyclic) bond motifs is 3. The molecule has 1 amide bonds. The molecule has 22 nitrogen and oxygen atoms in total. The Balaban J connectivity index is 0.000000154. The minimum Gasteiger partial charge on any atom is -0.497 e. The first-order valence-corrected chi connectivity index (χ1v) is 26.7. The van der Waals surface area contributed by atoms with Crippen LogP contribution in [0.3, 0.4) is 0 Å². The molecule has 2 fully saturated rings. The van der Waals surface area contributed by atoms with E-state index in [9.17, 15) is 19.5 Å². The molecule has 81 heavy (non-hydrogen) atoms. The third-order valence-corrected chi connectivity index (χ3v) is 13.3. The number of benzene rings is 3. The molecule has 4 N–H and O–H groups in total. The van der Waals surface area contributed by atoms with E-state index >= 15 is 0 Å². The summed E-state index contributed by atoms with van der Waals surface area (Å²) in [6, 6.07) is 29.4. The number of nitrogens with two attached hydrogens (primary N) is 1. The van der Waals surface area contributed by atoms with Gasteiger partial charge < -0.3 is 49.8 Å². The summed E-state index contributed by atoms with van der Waals surface area (Å²) in [6.07, 6.45) is 8.83. The van der Waals surface area contributed by atoms with Gasteiger partial charge in [-0.1, -0.05) is 71.2 Å². The Morgan fingerprint density at radius 1 is 0.580 bits per heavy atom. The standard InChI is InChI=1S/C19H20ClN5O2.C18H19ClN4O3.C16H15ClN4O3.C3H7N/c1-24(11-12-3-7-14(27-2)8-4-12)15-9-17(20)23-25-16(10-21-18(15)25)19(26)22-13-5-6-13;1-4-26-18(24)15-10-20-17-14(9-16(19)21-23(15)17)22(2)11-12-5-7-13(25-3)8-6-12;1-20(9-10-3-5-11(24-2)6-4-10)12-7-14(17)19-21-13(16(22)23)8-18-15(12)21;4-3-1-2-3/h3-4,7-10,13H,5-6,11H2,1-2H3,(H,22,26);5-10H,4,11H2,1-3H3;3-8H,9H2,1-2H3,(H,22,23);3H,1-2,4H2. The fraction of sp³-hybridized carbons (Fsp3) is 0.304. The molecule has 0 saturated heterocycles. The van der Waals surface area contributed by atoms with E-state index in [2.05, 4.69) is 35.6 Å². The van der Waals surface area contributed by atoms with E-state index < -0.39 is 11.9 Å². The second kappa shape index (κ2) is 26.7.